The Hall–Kier alpha value is -3.80. The minimum atomic E-state index is 0.0231. The van der Waals surface area contributed by atoms with E-state index in [1.54, 1.807) is 18.6 Å². The summed E-state index contributed by atoms with van der Waals surface area (Å²) in [5, 5.41) is 1.91. The Morgan fingerprint density at radius 3 is 2.48 bits per heavy atom. The second-order valence-electron chi connectivity index (χ2n) is 6.97. The molecule has 6 heteroatoms. The van der Waals surface area contributed by atoms with Crippen molar-refractivity contribution >= 4 is 16.7 Å². The number of amides is 1. The summed E-state index contributed by atoms with van der Waals surface area (Å²) in [6.07, 6.45) is 7.08. The van der Waals surface area contributed by atoms with Crippen molar-refractivity contribution in [1.29, 1.82) is 0 Å². The highest BCUT2D eigenvalue weighted by Gasteiger charge is 2.25. The molecule has 0 radical (unpaired) electrons. The van der Waals surface area contributed by atoms with Crippen molar-refractivity contribution in [2.45, 2.75) is 13.1 Å². The molecule has 2 aromatic carbocycles. The zero-order valence-electron chi connectivity index (χ0n) is 15.9. The average molecular weight is 382 g/mol. The van der Waals surface area contributed by atoms with Gasteiger partial charge >= 0.3 is 6.01 Å². The lowest BCUT2D eigenvalue weighted by molar-refractivity contribution is 0.0753. The molecular formula is C23H18N4O2. The Morgan fingerprint density at radius 2 is 1.69 bits per heavy atom. The maximum absolute atomic E-state index is 13.3. The fraction of sp³-hybridized carbons (Fsp3) is 0.130. The Balaban J connectivity index is 1.55. The SMILES string of the molecule is COc1ncc(-c2cccc3c(C(=O)N4Cc5ccncc5C4)cccc23)cn1. The van der Waals surface area contributed by atoms with Gasteiger partial charge < -0.3 is 9.64 Å². The summed E-state index contributed by atoms with van der Waals surface area (Å²) in [6.45, 7) is 1.20. The Bertz CT molecular complexity index is 1200. The Kier molecular flexibility index (Phi) is 4.17. The molecule has 0 fully saturated rings. The highest BCUT2D eigenvalue weighted by molar-refractivity contribution is 6.10. The van der Waals surface area contributed by atoms with Gasteiger partial charge in [-0.2, -0.15) is 0 Å². The fourth-order valence-corrected chi connectivity index (χ4v) is 3.84. The van der Waals surface area contributed by atoms with Gasteiger partial charge in [0, 0.05) is 49.0 Å². The minimum Gasteiger partial charge on any atom is -0.467 e. The first kappa shape index (κ1) is 17.3. The molecule has 29 heavy (non-hydrogen) atoms. The molecule has 5 rings (SSSR count). The molecule has 0 saturated carbocycles. The third kappa shape index (κ3) is 2.99. The van der Waals surface area contributed by atoms with Gasteiger partial charge in [0.15, 0.2) is 0 Å². The number of fused-ring (bicyclic) bond motifs is 2. The third-order valence-corrected chi connectivity index (χ3v) is 5.29. The molecule has 0 atom stereocenters. The van der Waals surface area contributed by atoms with Crippen LogP contribution in [-0.2, 0) is 13.1 Å². The second-order valence-corrected chi connectivity index (χ2v) is 6.97. The van der Waals surface area contributed by atoms with Crippen molar-refractivity contribution in [2.24, 2.45) is 0 Å². The average Bonchev–Trinajstić information content (AvgIpc) is 3.22. The van der Waals surface area contributed by atoms with Crippen LogP contribution in [0.4, 0.5) is 0 Å². The van der Waals surface area contributed by atoms with Gasteiger partial charge in [-0.15, -0.1) is 0 Å². The van der Waals surface area contributed by atoms with Crippen LogP contribution in [0.2, 0.25) is 0 Å². The molecule has 0 bridgehead atoms. The van der Waals surface area contributed by atoms with E-state index in [2.05, 4.69) is 15.0 Å². The number of benzene rings is 2. The predicted molar refractivity (Wildman–Crippen MR) is 109 cm³/mol. The summed E-state index contributed by atoms with van der Waals surface area (Å²) in [7, 11) is 1.54. The second kappa shape index (κ2) is 6.98. The molecule has 0 spiro atoms. The number of rotatable bonds is 3. The molecular weight excluding hydrogens is 364 g/mol. The van der Waals surface area contributed by atoms with Crippen LogP contribution < -0.4 is 4.74 Å². The van der Waals surface area contributed by atoms with Gasteiger partial charge in [0.25, 0.3) is 5.91 Å². The van der Waals surface area contributed by atoms with Gasteiger partial charge in [-0.25, -0.2) is 9.97 Å². The highest BCUT2D eigenvalue weighted by Crippen LogP contribution is 2.32. The van der Waals surface area contributed by atoms with Crippen LogP contribution in [0.3, 0.4) is 0 Å². The Labute approximate surface area is 167 Å². The summed E-state index contributed by atoms with van der Waals surface area (Å²) in [4.78, 5) is 27.8. The smallest absolute Gasteiger partial charge is 0.316 e. The molecule has 2 aromatic heterocycles. The van der Waals surface area contributed by atoms with Crippen LogP contribution in [0.25, 0.3) is 21.9 Å². The van der Waals surface area contributed by atoms with Crippen LogP contribution in [0.5, 0.6) is 6.01 Å². The first-order valence-electron chi connectivity index (χ1n) is 9.34. The van der Waals surface area contributed by atoms with Crippen LogP contribution in [0.15, 0.2) is 67.3 Å². The number of hydrogen-bond donors (Lipinski definition) is 0. The van der Waals surface area contributed by atoms with Gasteiger partial charge in [-0.1, -0.05) is 30.3 Å². The normalized spacial score (nSPS) is 12.8. The molecule has 142 valence electrons. The van der Waals surface area contributed by atoms with Gasteiger partial charge in [-0.3, -0.25) is 9.78 Å². The maximum Gasteiger partial charge on any atom is 0.316 e. The largest absolute Gasteiger partial charge is 0.467 e. The van der Waals surface area contributed by atoms with Crippen molar-refractivity contribution in [3.8, 4) is 17.1 Å². The number of methoxy groups -OCH3 is 1. The molecule has 1 amide bonds. The molecule has 4 aromatic rings. The number of nitrogens with zero attached hydrogens (tertiary/aromatic N) is 4. The van der Waals surface area contributed by atoms with Gasteiger partial charge in [0.1, 0.15) is 0 Å². The lowest BCUT2D eigenvalue weighted by Gasteiger charge is -2.17. The van der Waals surface area contributed by atoms with Gasteiger partial charge in [0.2, 0.25) is 0 Å². The van der Waals surface area contributed by atoms with E-state index in [4.69, 9.17) is 4.74 Å². The summed E-state index contributed by atoms with van der Waals surface area (Å²) in [5.41, 5.74) is 4.82. The number of aromatic nitrogens is 3. The molecule has 0 unspecified atom stereocenters. The van der Waals surface area contributed by atoms with E-state index >= 15 is 0 Å². The van der Waals surface area contributed by atoms with Crippen molar-refractivity contribution in [2.75, 3.05) is 7.11 Å². The minimum absolute atomic E-state index is 0.0231. The highest BCUT2D eigenvalue weighted by atomic mass is 16.5. The van der Waals surface area contributed by atoms with Gasteiger partial charge in [0.05, 0.1) is 7.11 Å². The first-order valence-corrected chi connectivity index (χ1v) is 9.34. The summed E-state index contributed by atoms with van der Waals surface area (Å²) < 4.78 is 5.05. The van der Waals surface area contributed by atoms with E-state index in [0.29, 0.717) is 24.7 Å². The molecule has 3 heterocycles. The van der Waals surface area contributed by atoms with E-state index in [0.717, 1.165) is 33.0 Å². The van der Waals surface area contributed by atoms with E-state index in [-0.39, 0.29) is 5.91 Å². The molecule has 0 saturated heterocycles. The standard InChI is InChI=1S/C23H18N4O2/c1-29-23-25-11-16(12-26-23)18-4-2-6-20-19(18)5-3-7-21(20)22(28)27-13-15-8-9-24-10-17(15)14-27/h2-12H,13-14H2,1H3. The molecule has 0 N–H and O–H groups in total. The zero-order valence-corrected chi connectivity index (χ0v) is 15.9. The molecule has 1 aliphatic rings. The topological polar surface area (TPSA) is 68.2 Å². The summed E-state index contributed by atoms with van der Waals surface area (Å²) in [6, 6.07) is 14.1. The summed E-state index contributed by atoms with van der Waals surface area (Å²) >= 11 is 0. The Morgan fingerprint density at radius 1 is 0.931 bits per heavy atom. The van der Waals surface area contributed by atoms with E-state index in [1.165, 1.54) is 7.11 Å². The lowest BCUT2D eigenvalue weighted by atomic mass is 9.96. The maximum atomic E-state index is 13.3. The van der Waals surface area contributed by atoms with Crippen molar-refractivity contribution < 1.29 is 9.53 Å². The molecule has 6 nitrogen and oxygen atoms in total. The van der Waals surface area contributed by atoms with E-state index in [9.17, 15) is 4.79 Å². The number of carbonyl (C=O) groups excluding carboxylic acids is 1. The molecule has 0 aliphatic carbocycles. The van der Waals surface area contributed by atoms with Crippen molar-refractivity contribution in [1.82, 2.24) is 19.9 Å². The van der Waals surface area contributed by atoms with E-state index in [1.807, 2.05) is 53.6 Å². The first-order chi connectivity index (χ1) is 14.2. The number of ether oxygens (including phenoxy) is 1. The lowest BCUT2D eigenvalue weighted by Crippen LogP contribution is -2.25. The quantitative estimate of drug-likeness (QED) is 0.538. The summed E-state index contributed by atoms with van der Waals surface area (Å²) in [5.74, 6) is 0.0231. The fourth-order valence-electron chi connectivity index (χ4n) is 3.84. The molecule has 1 aliphatic heterocycles. The predicted octanol–water partition coefficient (Wildman–Crippen LogP) is 3.86. The van der Waals surface area contributed by atoms with E-state index < -0.39 is 0 Å². The number of pyridine rings is 1. The van der Waals surface area contributed by atoms with Crippen LogP contribution in [0, 0.1) is 0 Å². The zero-order chi connectivity index (χ0) is 19.8. The van der Waals surface area contributed by atoms with Crippen molar-refractivity contribution in [3.05, 3.63) is 83.9 Å². The monoisotopic (exact) mass is 382 g/mol. The number of hydrogen-bond acceptors (Lipinski definition) is 5. The number of carbonyl (C=O) groups is 1. The van der Waals surface area contributed by atoms with Gasteiger partial charge in [-0.05, 0) is 39.6 Å². The van der Waals surface area contributed by atoms with Crippen LogP contribution in [0.1, 0.15) is 21.5 Å². The van der Waals surface area contributed by atoms with Crippen LogP contribution in [-0.4, -0.2) is 32.9 Å². The third-order valence-electron chi connectivity index (χ3n) is 5.29. The van der Waals surface area contributed by atoms with Crippen molar-refractivity contribution in [3.63, 3.8) is 0 Å². The van der Waals surface area contributed by atoms with Crippen LogP contribution >= 0.6 is 0 Å².